The normalized spacial score (nSPS) is 26.8. The summed E-state index contributed by atoms with van der Waals surface area (Å²) < 4.78 is 40.4. The molecule has 1 saturated carbocycles. The van der Waals surface area contributed by atoms with Crippen molar-refractivity contribution in [3.05, 3.63) is 24.0 Å². The highest BCUT2D eigenvalue weighted by molar-refractivity contribution is 5.81. The molecule has 0 atom stereocenters. The molecule has 2 N–H and O–H groups in total. The third-order valence-corrected chi connectivity index (χ3v) is 3.71. The second kappa shape index (κ2) is 3.88. The van der Waals surface area contributed by atoms with Gasteiger partial charge in [-0.05, 0) is 25.8 Å². The van der Waals surface area contributed by atoms with E-state index in [1.165, 1.54) is 12.4 Å². The van der Waals surface area contributed by atoms with E-state index in [0.29, 0.717) is 18.9 Å². The average Bonchev–Trinajstić information content (AvgIpc) is 2.66. The monoisotopic (exact) mass is 286 g/mol. The van der Waals surface area contributed by atoms with Crippen LogP contribution in [-0.4, -0.2) is 25.4 Å². The van der Waals surface area contributed by atoms with Crippen molar-refractivity contribution in [2.24, 2.45) is 0 Å². The number of fused-ring (bicyclic) bond motifs is 1. The lowest BCUT2D eigenvalue weighted by molar-refractivity contribution is -0.136. The Kier molecular flexibility index (Phi) is 2.57. The number of nitrogens with zero attached hydrogens (tertiary/aromatic N) is 2. The number of aliphatic hydroxyl groups is 1. The van der Waals surface area contributed by atoms with Crippen LogP contribution in [0.2, 0.25) is 0 Å². The lowest BCUT2D eigenvalue weighted by Gasteiger charge is -2.41. The van der Waals surface area contributed by atoms with Gasteiger partial charge in [-0.15, -0.1) is 0 Å². The van der Waals surface area contributed by atoms with Crippen molar-refractivity contribution in [2.45, 2.75) is 37.6 Å². The Morgan fingerprint density at radius 2 is 2.00 bits per heavy atom. The van der Waals surface area contributed by atoms with Gasteiger partial charge in [0.25, 0.3) is 0 Å². The summed E-state index contributed by atoms with van der Waals surface area (Å²) in [7, 11) is 0. The molecule has 4 nitrogen and oxygen atoms in total. The SMILES string of the molecule is CC1(O)CC(n2cnc3c(C(F)(F)F)cc(O)cc32)C1. The molecule has 20 heavy (non-hydrogen) atoms. The van der Waals surface area contributed by atoms with Crippen molar-refractivity contribution in [2.75, 3.05) is 0 Å². The molecular formula is C13H13F3N2O2. The van der Waals surface area contributed by atoms with Gasteiger partial charge in [0.2, 0.25) is 0 Å². The second-order valence-electron chi connectivity index (χ2n) is 5.57. The van der Waals surface area contributed by atoms with E-state index in [1.54, 1.807) is 11.5 Å². The van der Waals surface area contributed by atoms with Crippen LogP contribution in [0.1, 0.15) is 31.4 Å². The van der Waals surface area contributed by atoms with Crippen molar-refractivity contribution in [3.8, 4) is 5.75 Å². The van der Waals surface area contributed by atoms with Crippen LogP contribution in [0.4, 0.5) is 13.2 Å². The van der Waals surface area contributed by atoms with Crippen LogP contribution in [0.25, 0.3) is 11.0 Å². The molecule has 1 aromatic heterocycles. The maximum Gasteiger partial charge on any atom is 0.418 e. The summed E-state index contributed by atoms with van der Waals surface area (Å²) in [5.41, 5.74) is -1.68. The van der Waals surface area contributed by atoms with Gasteiger partial charge in [-0.2, -0.15) is 13.2 Å². The maximum atomic E-state index is 12.9. The number of hydrogen-bond acceptors (Lipinski definition) is 3. The van der Waals surface area contributed by atoms with Gasteiger partial charge in [0, 0.05) is 12.1 Å². The highest BCUT2D eigenvalue weighted by atomic mass is 19.4. The molecule has 1 aliphatic carbocycles. The van der Waals surface area contributed by atoms with Crippen LogP contribution in [0.5, 0.6) is 5.75 Å². The minimum atomic E-state index is -4.57. The molecule has 0 saturated heterocycles. The molecule has 3 rings (SSSR count). The molecule has 1 aromatic carbocycles. The standard InChI is InChI=1S/C13H13F3N2O2/c1-12(20)4-7(5-12)18-6-17-11-9(13(14,15)16)2-8(19)3-10(11)18/h2-3,6-7,19-20H,4-5H2,1H3. The van der Waals surface area contributed by atoms with E-state index in [0.717, 1.165) is 0 Å². The molecule has 0 aliphatic heterocycles. The molecule has 108 valence electrons. The number of phenolic OH excluding ortho intramolecular Hbond substituents is 1. The zero-order valence-electron chi connectivity index (χ0n) is 10.6. The highest BCUT2D eigenvalue weighted by Crippen LogP contribution is 2.44. The number of benzene rings is 1. The quantitative estimate of drug-likeness (QED) is 0.847. The van der Waals surface area contributed by atoms with Gasteiger partial charge in [0.1, 0.15) is 11.3 Å². The Bertz CT molecular complexity index is 668. The molecule has 7 heteroatoms. The molecule has 0 spiro atoms. The molecule has 2 aromatic rings. The third-order valence-electron chi connectivity index (χ3n) is 3.71. The summed E-state index contributed by atoms with van der Waals surface area (Å²) in [6.45, 7) is 1.68. The van der Waals surface area contributed by atoms with Crippen LogP contribution in [0.3, 0.4) is 0 Å². The predicted octanol–water partition coefficient (Wildman–Crippen LogP) is 2.85. The first kappa shape index (κ1) is 13.2. The molecular weight excluding hydrogens is 273 g/mol. The number of hydrogen-bond donors (Lipinski definition) is 2. The lowest BCUT2D eigenvalue weighted by atomic mass is 9.77. The molecule has 1 fully saturated rings. The summed E-state index contributed by atoms with van der Waals surface area (Å²) >= 11 is 0. The topological polar surface area (TPSA) is 58.3 Å². The highest BCUT2D eigenvalue weighted by Gasteiger charge is 2.41. The van der Waals surface area contributed by atoms with Crippen molar-refractivity contribution >= 4 is 11.0 Å². The Balaban J connectivity index is 2.12. The third kappa shape index (κ3) is 2.02. The lowest BCUT2D eigenvalue weighted by Crippen LogP contribution is -2.41. The van der Waals surface area contributed by atoms with E-state index < -0.39 is 23.1 Å². The number of rotatable bonds is 1. The first-order chi connectivity index (χ1) is 9.17. The van der Waals surface area contributed by atoms with Crippen molar-refractivity contribution < 1.29 is 23.4 Å². The van der Waals surface area contributed by atoms with Crippen LogP contribution in [0.15, 0.2) is 18.5 Å². The molecule has 1 heterocycles. The van der Waals surface area contributed by atoms with Crippen LogP contribution in [0, 0.1) is 0 Å². The van der Waals surface area contributed by atoms with Crippen molar-refractivity contribution in [3.63, 3.8) is 0 Å². The maximum absolute atomic E-state index is 12.9. The van der Waals surface area contributed by atoms with Crippen LogP contribution in [-0.2, 0) is 6.18 Å². The number of imidazole rings is 1. The van der Waals surface area contributed by atoms with Gasteiger partial charge in [0.05, 0.1) is 23.0 Å². The van der Waals surface area contributed by atoms with E-state index in [1.807, 2.05) is 0 Å². The Hall–Kier alpha value is -1.76. The van der Waals surface area contributed by atoms with Crippen molar-refractivity contribution in [1.29, 1.82) is 0 Å². The van der Waals surface area contributed by atoms with Crippen LogP contribution >= 0.6 is 0 Å². The van der Waals surface area contributed by atoms with Gasteiger partial charge < -0.3 is 14.8 Å². The molecule has 0 unspecified atom stereocenters. The van der Waals surface area contributed by atoms with E-state index in [9.17, 15) is 23.4 Å². The van der Waals surface area contributed by atoms with E-state index in [2.05, 4.69) is 4.98 Å². The minimum absolute atomic E-state index is 0.0992. The number of aromatic nitrogens is 2. The van der Waals surface area contributed by atoms with Gasteiger partial charge in [0.15, 0.2) is 0 Å². The van der Waals surface area contributed by atoms with Gasteiger partial charge in [-0.3, -0.25) is 0 Å². The number of alkyl halides is 3. The van der Waals surface area contributed by atoms with E-state index in [4.69, 9.17) is 0 Å². The fourth-order valence-corrected chi connectivity index (χ4v) is 2.78. The average molecular weight is 286 g/mol. The molecule has 1 aliphatic rings. The Morgan fingerprint density at radius 1 is 1.35 bits per heavy atom. The number of phenols is 1. The van der Waals surface area contributed by atoms with Crippen LogP contribution < -0.4 is 0 Å². The number of halogens is 3. The van der Waals surface area contributed by atoms with E-state index >= 15 is 0 Å². The number of aromatic hydroxyl groups is 1. The summed E-state index contributed by atoms with van der Waals surface area (Å²) in [6, 6.07) is 1.85. The molecule has 0 radical (unpaired) electrons. The first-order valence-corrected chi connectivity index (χ1v) is 6.16. The van der Waals surface area contributed by atoms with Crippen molar-refractivity contribution in [1.82, 2.24) is 9.55 Å². The fraction of sp³-hybridized carbons (Fsp3) is 0.462. The fourth-order valence-electron chi connectivity index (χ4n) is 2.78. The summed E-state index contributed by atoms with van der Waals surface area (Å²) in [5, 5.41) is 19.2. The Labute approximate surface area is 112 Å². The second-order valence-corrected chi connectivity index (χ2v) is 5.57. The summed E-state index contributed by atoms with van der Waals surface area (Å²) in [4.78, 5) is 3.83. The largest absolute Gasteiger partial charge is 0.508 e. The van der Waals surface area contributed by atoms with Gasteiger partial charge >= 0.3 is 6.18 Å². The summed E-state index contributed by atoms with van der Waals surface area (Å²) in [6.07, 6.45) is -2.33. The zero-order valence-corrected chi connectivity index (χ0v) is 10.6. The Morgan fingerprint density at radius 3 is 2.55 bits per heavy atom. The summed E-state index contributed by atoms with van der Waals surface area (Å²) in [5.74, 6) is -0.447. The predicted molar refractivity (Wildman–Crippen MR) is 65.3 cm³/mol. The minimum Gasteiger partial charge on any atom is -0.508 e. The molecule has 0 amide bonds. The first-order valence-electron chi connectivity index (χ1n) is 6.16. The zero-order chi connectivity index (χ0) is 14.7. The molecule has 0 bridgehead atoms. The van der Waals surface area contributed by atoms with Gasteiger partial charge in [-0.25, -0.2) is 4.98 Å². The van der Waals surface area contributed by atoms with E-state index in [-0.39, 0.29) is 17.1 Å². The van der Waals surface area contributed by atoms with Gasteiger partial charge in [-0.1, -0.05) is 0 Å². The smallest absolute Gasteiger partial charge is 0.418 e.